The third-order valence-electron chi connectivity index (χ3n) is 1.37. The number of carbonyl (C=O) groups excluding carboxylic acids is 1. The van der Waals surface area contributed by atoms with E-state index in [1.165, 1.54) is 0 Å². The molecule has 11 heavy (non-hydrogen) atoms. The predicted octanol–water partition coefficient (Wildman–Crippen LogP) is -0.114. The Bertz CT molecular complexity index is 255. The van der Waals surface area contributed by atoms with Crippen molar-refractivity contribution >= 4 is 6.03 Å². The van der Waals surface area contributed by atoms with Crippen molar-refractivity contribution in [3.8, 4) is 0 Å². The quantitative estimate of drug-likeness (QED) is 0.555. The molecule has 0 radical (unpaired) electrons. The molecule has 0 aliphatic rings. The maximum atomic E-state index is 10.3. The highest BCUT2D eigenvalue weighted by Gasteiger charge is 1.99. The number of aryl methyl sites for hydroxylation is 1. The Morgan fingerprint density at radius 2 is 2.64 bits per heavy atom. The summed E-state index contributed by atoms with van der Waals surface area (Å²) in [4.78, 5) is 17.1. The van der Waals surface area contributed by atoms with Gasteiger partial charge in [-0.3, -0.25) is 0 Å². The normalized spacial score (nSPS) is 9.55. The lowest BCUT2D eigenvalue weighted by molar-refractivity contribution is 0.248. The van der Waals surface area contributed by atoms with Crippen LogP contribution in [0.2, 0.25) is 0 Å². The zero-order chi connectivity index (χ0) is 8.27. The van der Waals surface area contributed by atoms with E-state index in [2.05, 4.69) is 15.3 Å². The lowest BCUT2D eigenvalue weighted by atomic mass is 10.3. The van der Waals surface area contributed by atoms with E-state index in [4.69, 9.17) is 5.73 Å². The van der Waals surface area contributed by atoms with Crippen LogP contribution in [0.1, 0.15) is 11.4 Å². The number of urea groups is 1. The molecule has 1 aromatic heterocycles. The molecule has 5 nitrogen and oxygen atoms in total. The Morgan fingerprint density at radius 1 is 1.91 bits per heavy atom. The van der Waals surface area contributed by atoms with Crippen LogP contribution in [0, 0.1) is 6.92 Å². The van der Waals surface area contributed by atoms with E-state index in [0.29, 0.717) is 6.54 Å². The van der Waals surface area contributed by atoms with E-state index >= 15 is 0 Å². The molecule has 1 aromatic rings. The lowest BCUT2D eigenvalue weighted by Crippen LogP contribution is -2.28. The molecule has 0 atom stereocenters. The molecule has 1 rings (SSSR count). The van der Waals surface area contributed by atoms with Crippen LogP contribution in [-0.4, -0.2) is 16.0 Å². The van der Waals surface area contributed by atoms with Gasteiger partial charge >= 0.3 is 6.03 Å². The average Bonchev–Trinajstić information content (AvgIpc) is 2.31. The lowest BCUT2D eigenvalue weighted by Gasteiger charge is -1.98. The highest BCUT2D eigenvalue weighted by molar-refractivity contribution is 5.71. The number of hydrogen-bond donors (Lipinski definition) is 3. The van der Waals surface area contributed by atoms with Crippen LogP contribution in [0.5, 0.6) is 0 Å². The van der Waals surface area contributed by atoms with Crippen molar-refractivity contribution in [2.75, 3.05) is 0 Å². The topological polar surface area (TPSA) is 83.8 Å². The summed E-state index contributed by atoms with van der Waals surface area (Å²) in [6.07, 6.45) is 1.58. The Kier molecular flexibility index (Phi) is 2.10. The fraction of sp³-hybridized carbons (Fsp3) is 0.333. The minimum Gasteiger partial charge on any atom is -0.352 e. The van der Waals surface area contributed by atoms with Gasteiger partial charge in [0.1, 0.15) is 0 Å². The first-order valence-electron chi connectivity index (χ1n) is 3.22. The predicted molar refractivity (Wildman–Crippen MR) is 39.7 cm³/mol. The first-order valence-corrected chi connectivity index (χ1v) is 3.22. The molecular formula is C6H10N4O. The molecule has 4 N–H and O–H groups in total. The van der Waals surface area contributed by atoms with Gasteiger partial charge in [-0.15, -0.1) is 0 Å². The van der Waals surface area contributed by atoms with Crippen molar-refractivity contribution in [2.45, 2.75) is 13.5 Å². The summed E-state index contributed by atoms with van der Waals surface area (Å²) in [5.74, 6) is 0. The first-order chi connectivity index (χ1) is 5.20. The van der Waals surface area contributed by atoms with E-state index in [1.807, 2.05) is 6.92 Å². The highest BCUT2D eigenvalue weighted by Crippen LogP contribution is 1.98. The zero-order valence-corrected chi connectivity index (χ0v) is 6.22. The molecule has 0 aliphatic heterocycles. The third-order valence-corrected chi connectivity index (χ3v) is 1.37. The van der Waals surface area contributed by atoms with E-state index in [1.54, 1.807) is 6.33 Å². The monoisotopic (exact) mass is 154 g/mol. The molecule has 0 fully saturated rings. The van der Waals surface area contributed by atoms with Crippen molar-refractivity contribution in [1.29, 1.82) is 0 Å². The van der Waals surface area contributed by atoms with Gasteiger partial charge in [0.25, 0.3) is 0 Å². The van der Waals surface area contributed by atoms with Gasteiger partial charge in [0, 0.05) is 0 Å². The Hall–Kier alpha value is -1.52. The largest absolute Gasteiger partial charge is 0.352 e. The van der Waals surface area contributed by atoms with Gasteiger partial charge in [0.05, 0.1) is 24.3 Å². The molecule has 0 unspecified atom stereocenters. The third kappa shape index (κ3) is 1.96. The first kappa shape index (κ1) is 7.59. The standard InChI is InChI=1S/C6H10N4O/c1-4-5(10-3-9-4)2-8-6(7)11/h3H,2H2,1H3,(H,9,10)(H3,7,8,11). The number of carbonyl (C=O) groups is 1. The molecule has 0 saturated heterocycles. The number of H-pyrrole nitrogens is 1. The molecule has 0 aliphatic carbocycles. The van der Waals surface area contributed by atoms with Gasteiger partial charge in [-0.05, 0) is 6.92 Å². The molecule has 60 valence electrons. The minimum atomic E-state index is -0.529. The smallest absolute Gasteiger partial charge is 0.312 e. The second kappa shape index (κ2) is 3.05. The van der Waals surface area contributed by atoms with Crippen LogP contribution in [0.4, 0.5) is 4.79 Å². The minimum absolute atomic E-state index is 0.404. The summed E-state index contributed by atoms with van der Waals surface area (Å²) in [6.45, 7) is 2.26. The second-order valence-corrected chi connectivity index (χ2v) is 2.18. The summed E-state index contributed by atoms with van der Waals surface area (Å²) < 4.78 is 0. The summed E-state index contributed by atoms with van der Waals surface area (Å²) in [5, 5.41) is 2.46. The fourth-order valence-electron chi connectivity index (χ4n) is 0.744. The van der Waals surface area contributed by atoms with E-state index in [9.17, 15) is 4.79 Å². The SMILES string of the molecule is Cc1nc[nH]c1CNC(N)=O. The van der Waals surface area contributed by atoms with Crippen LogP contribution < -0.4 is 11.1 Å². The van der Waals surface area contributed by atoms with Gasteiger partial charge in [-0.1, -0.05) is 0 Å². The van der Waals surface area contributed by atoms with Crippen molar-refractivity contribution < 1.29 is 4.79 Å². The Labute approximate surface area is 64.0 Å². The molecule has 1 heterocycles. The number of nitrogens with two attached hydrogens (primary N) is 1. The molecule has 0 spiro atoms. The van der Waals surface area contributed by atoms with Gasteiger partial charge in [0.2, 0.25) is 0 Å². The summed E-state index contributed by atoms with van der Waals surface area (Å²) in [7, 11) is 0. The average molecular weight is 154 g/mol. The van der Waals surface area contributed by atoms with Gasteiger partial charge in [-0.25, -0.2) is 9.78 Å². The van der Waals surface area contributed by atoms with E-state index in [0.717, 1.165) is 11.4 Å². The van der Waals surface area contributed by atoms with E-state index < -0.39 is 6.03 Å². The van der Waals surface area contributed by atoms with Crippen molar-refractivity contribution in [1.82, 2.24) is 15.3 Å². The molecular weight excluding hydrogens is 144 g/mol. The van der Waals surface area contributed by atoms with Crippen LogP contribution in [-0.2, 0) is 6.54 Å². The van der Waals surface area contributed by atoms with Crippen LogP contribution in [0.25, 0.3) is 0 Å². The number of nitrogens with one attached hydrogen (secondary N) is 2. The van der Waals surface area contributed by atoms with Crippen molar-refractivity contribution in [3.05, 3.63) is 17.7 Å². The van der Waals surface area contributed by atoms with Crippen LogP contribution in [0.15, 0.2) is 6.33 Å². The van der Waals surface area contributed by atoms with Crippen molar-refractivity contribution in [2.24, 2.45) is 5.73 Å². The molecule has 0 bridgehead atoms. The number of imidazole rings is 1. The molecule has 0 aromatic carbocycles. The number of primary amides is 1. The van der Waals surface area contributed by atoms with Crippen LogP contribution >= 0.6 is 0 Å². The van der Waals surface area contributed by atoms with Gasteiger partial charge in [0.15, 0.2) is 0 Å². The fourth-order valence-corrected chi connectivity index (χ4v) is 0.744. The number of amides is 2. The maximum absolute atomic E-state index is 10.3. The summed E-state index contributed by atoms with van der Waals surface area (Å²) >= 11 is 0. The summed E-state index contributed by atoms with van der Waals surface area (Å²) in [5.41, 5.74) is 6.63. The van der Waals surface area contributed by atoms with Gasteiger partial charge < -0.3 is 16.0 Å². The Morgan fingerprint density at radius 3 is 3.09 bits per heavy atom. The van der Waals surface area contributed by atoms with Gasteiger partial charge in [-0.2, -0.15) is 0 Å². The number of rotatable bonds is 2. The van der Waals surface area contributed by atoms with Crippen LogP contribution in [0.3, 0.4) is 0 Å². The van der Waals surface area contributed by atoms with Crippen molar-refractivity contribution in [3.63, 3.8) is 0 Å². The maximum Gasteiger partial charge on any atom is 0.312 e. The van der Waals surface area contributed by atoms with E-state index in [-0.39, 0.29) is 0 Å². The zero-order valence-electron chi connectivity index (χ0n) is 6.22. The number of aromatic amines is 1. The number of aromatic nitrogens is 2. The molecule has 5 heteroatoms. The second-order valence-electron chi connectivity index (χ2n) is 2.18. The molecule has 2 amide bonds. The molecule has 0 saturated carbocycles. The summed E-state index contributed by atoms with van der Waals surface area (Å²) in [6, 6.07) is -0.529. The highest BCUT2D eigenvalue weighted by atomic mass is 16.2. The number of hydrogen-bond acceptors (Lipinski definition) is 2. The Balaban J connectivity index is 2.51. The number of nitrogens with zero attached hydrogens (tertiary/aromatic N) is 1.